The largest absolute Gasteiger partial charge is 0.451 e. The van der Waals surface area contributed by atoms with Crippen LogP contribution in [0.5, 0.6) is 0 Å². The summed E-state index contributed by atoms with van der Waals surface area (Å²) < 4.78 is 37.5. The number of hydrogen-bond donors (Lipinski definition) is 2. The summed E-state index contributed by atoms with van der Waals surface area (Å²) in [4.78, 5) is 8.82. The summed E-state index contributed by atoms with van der Waals surface area (Å²) in [6, 6.07) is 1.56. The van der Waals surface area contributed by atoms with E-state index >= 15 is 0 Å². The van der Waals surface area contributed by atoms with E-state index in [0.717, 1.165) is 32.0 Å². The van der Waals surface area contributed by atoms with E-state index in [2.05, 4.69) is 20.2 Å². The third-order valence-electron chi connectivity index (χ3n) is 3.57. The zero-order valence-electron chi connectivity index (χ0n) is 11.6. The second kappa shape index (κ2) is 7.04. The summed E-state index contributed by atoms with van der Waals surface area (Å²) in [5, 5.41) is 12.2. The van der Waals surface area contributed by atoms with Crippen LogP contribution in [0, 0.1) is 0 Å². The number of nitrogens with one attached hydrogen (secondary N) is 1. The second-order valence-corrected chi connectivity index (χ2v) is 5.06. The Morgan fingerprint density at radius 1 is 1.38 bits per heavy atom. The fourth-order valence-corrected chi connectivity index (χ4v) is 2.48. The fourth-order valence-electron chi connectivity index (χ4n) is 2.48. The van der Waals surface area contributed by atoms with Crippen molar-refractivity contribution in [2.24, 2.45) is 0 Å². The maximum Gasteiger partial charge on any atom is 0.451 e. The Morgan fingerprint density at radius 3 is 2.90 bits per heavy atom. The molecule has 1 aromatic rings. The van der Waals surface area contributed by atoms with Gasteiger partial charge in [-0.3, -0.25) is 4.90 Å². The molecular weight excluding hydrogens is 285 g/mol. The van der Waals surface area contributed by atoms with Crippen LogP contribution in [0.25, 0.3) is 0 Å². The Kier molecular flexibility index (Phi) is 5.35. The Labute approximate surface area is 121 Å². The van der Waals surface area contributed by atoms with Gasteiger partial charge in [0.1, 0.15) is 5.82 Å². The average Bonchev–Trinajstić information content (AvgIpc) is 2.47. The van der Waals surface area contributed by atoms with Crippen LogP contribution in [0.15, 0.2) is 12.3 Å². The molecule has 0 saturated carbocycles. The number of aliphatic hydroxyl groups is 1. The molecule has 0 radical (unpaired) electrons. The number of rotatable bonds is 5. The van der Waals surface area contributed by atoms with Crippen molar-refractivity contribution in [3.63, 3.8) is 0 Å². The van der Waals surface area contributed by atoms with Crippen LogP contribution in [0.2, 0.25) is 0 Å². The first-order valence-electron chi connectivity index (χ1n) is 6.99. The molecule has 21 heavy (non-hydrogen) atoms. The highest BCUT2D eigenvalue weighted by Gasteiger charge is 2.34. The molecule has 0 amide bonds. The van der Waals surface area contributed by atoms with Crippen molar-refractivity contribution in [3.05, 3.63) is 18.1 Å². The normalized spacial score (nSPS) is 20.5. The van der Waals surface area contributed by atoms with E-state index < -0.39 is 12.0 Å². The molecule has 2 N–H and O–H groups in total. The van der Waals surface area contributed by atoms with Crippen molar-refractivity contribution in [1.29, 1.82) is 0 Å². The first kappa shape index (κ1) is 16.0. The number of hydrogen-bond acceptors (Lipinski definition) is 5. The minimum absolute atomic E-state index is 0.117. The van der Waals surface area contributed by atoms with Gasteiger partial charge in [-0.1, -0.05) is 6.42 Å². The lowest BCUT2D eigenvalue weighted by Gasteiger charge is -2.34. The Bertz CT molecular complexity index is 455. The summed E-state index contributed by atoms with van der Waals surface area (Å²) in [6.07, 6.45) is -0.289. The SMILES string of the molecule is OCC1CCCCN1CCNc1ccnc(C(F)(F)F)n1. The molecule has 2 heterocycles. The van der Waals surface area contributed by atoms with E-state index in [0.29, 0.717) is 13.1 Å². The van der Waals surface area contributed by atoms with E-state index in [1.54, 1.807) is 0 Å². The summed E-state index contributed by atoms with van der Waals surface area (Å²) in [5.74, 6) is -0.978. The van der Waals surface area contributed by atoms with E-state index in [1.807, 2.05) is 0 Å². The molecule has 1 fully saturated rings. The standard InChI is InChI=1S/C13H19F3N4O/c14-13(15,16)12-18-5-4-11(19-12)17-6-8-20-7-2-1-3-10(20)9-21/h4-5,10,21H,1-3,6-9H2,(H,17,18,19). The minimum atomic E-state index is -4.54. The summed E-state index contributed by atoms with van der Waals surface area (Å²) >= 11 is 0. The maximum atomic E-state index is 12.5. The fraction of sp³-hybridized carbons (Fsp3) is 0.692. The van der Waals surface area contributed by atoms with Gasteiger partial charge in [0, 0.05) is 25.3 Å². The quantitative estimate of drug-likeness (QED) is 0.868. The monoisotopic (exact) mass is 304 g/mol. The number of piperidine rings is 1. The highest BCUT2D eigenvalue weighted by molar-refractivity contribution is 5.33. The molecule has 0 spiro atoms. The van der Waals surface area contributed by atoms with E-state index in [1.165, 1.54) is 6.07 Å². The molecule has 1 atom stereocenters. The van der Waals surface area contributed by atoms with Crippen LogP contribution in [0.3, 0.4) is 0 Å². The van der Waals surface area contributed by atoms with Crippen molar-refractivity contribution in [1.82, 2.24) is 14.9 Å². The Hall–Kier alpha value is -1.41. The van der Waals surface area contributed by atoms with E-state index in [-0.39, 0.29) is 18.5 Å². The van der Waals surface area contributed by atoms with Crippen LogP contribution < -0.4 is 5.32 Å². The molecule has 0 aliphatic carbocycles. The molecule has 1 aromatic heterocycles. The van der Waals surface area contributed by atoms with Gasteiger partial charge in [0.15, 0.2) is 0 Å². The highest BCUT2D eigenvalue weighted by atomic mass is 19.4. The molecule has 118 valence electrons. The number of halogens is 3. The molecule has 1 saturated heterocycles. The minimum Gasteiger partial charge on any atom is -0.395 e. The smallest absolute Gasteiger partial charge is 0.395 e. The number of aromatic nitrogens is 2. The number of aliphatic hydroxyl groups excluding tert-OH is 1. The van der Waals surface area contributed by atoms with Crippen molar-refractivity contribution in [2.75, 3.05) is 31.6 Å². The zero-order chi connectivity index (χ0) is 15.3. The summed E-state index contributed by atoms with van der Waals surface area (Å²) in [6.45, 7) is 2.16. The summed E-state index contributed by atoms with van der Waals surface area (Å²) in [5.41, 5.74) is 0. The van der Waals surface area contributed by atoms with Gasteiger partial charge in [-0.15, -0.1) is 0 Å². The lowest BCUT2D eigenvalue weighted by molar-refractivity contribution is -0.144. The Balaban J connectivity index is 1.85. The molecule has 2 rings (SSSR count). The van der Waals surface area contributed by atoms with Crippen LogP contribution >= 0.6 is 0 Å². The first-order valence-corrected chi connectivity index (χ1v) is 6.99. The molecule has 1 unspecified atom stereocenters. The molecule has 8 heteroatoms. The van der Waals surface area contributed by atoms with Crippen molar-refractivity contribution in [3.8, 4) is 0 Å². The number of likely N-dealkylation sites (tertiary alicyclic amines) is 1. The zero-order valence-corrected chi connectivity index (χ0v) is 11.6. The van der Waals surface area contributed by atoms with Gasteiger partial charge in [0.05, 0.1) is 6.61 Å². The maximum absolute atomic E-state index is 12.5. The van der Waals surface area contributed by atoms with Crippen LogP contribution in [0.4, 0.5) is 19.0 Å². The topological polar surface area (TPSA) is 61.3 Å². The number of nitrogens with zero attached hydrogens (tertiary/aromatic N) is 3. The molecular formula is C13H19F3N4O. The number of anilines is 1. The van der Waals surface area contributed by atoms with Crippen molar-refractivity contribution in [2.45, 2.75) is 31.5 Å². The molecule has 1 aliphatic rings. The van der Waals surface area contributed by atoms with Crippen molar-refractivity contribution < 1.29 is 18.3 Å². The van der Waals surface area contributed by atoms with E-state index in [4.69, 9.17) is 0 Å². The van der Waals surface area contributed by atoms with Gasteiger partial charge in [0.25, 0.3) is 0 Å². The number of alkyl halides is 3. The molecule has 5 nitrogen and oxygen atoms in total. The first-order chi connectivity index (χ1) is 10.0. The molecule has 1 aliphatic heterocycles. The predicted molar refractivity (Wildman–Crippen MR) is 71.8 cm³/mol. The summed E-state index contributed by atoms with van der Waals surface area (Å²) in [7, 11) is 0. The van der Waals surface area contributed by atoms with Crippen LogP contribution in [-0.4, -0.2) is 52.3 Å². The van der Waals surface area contributed by atoms with Crippen molar-refractivity contribution >= 4 is 5.82 Å². The van der Waals surface area contributed by atoms with Gasteiger partial charge in [0.2, 0.25) is 5.82 Å². The van der Waals surface area contributed by atoms with Gasteiger partial charge in [-0.25, -0.2) is 9.97 Å². The highest BCUT2D eigenvalue weighted by Crippen LogP contribution is 2.26. The van der Waals surface area contributed by atoms with Crippen LogP contribution in [-0.2, 0) is 6.18 Å². The second-order valence-electron chi connectivity index (χ2n) is 5.06. The lowest BCUT2D eigenvalue weighted by Crippen LogP contribution is -2.44. The van der Waals surface area contributed by atoms with Gasteiger partial charge in [-0.2, -0.15) is 13.2 Å². The Morgan fingerprint density at radius 2 is 2.19 bits per heavy atom. The van der Waals surface area contributed by atoms with E-state index in [9.17, 15) is 18.3 Å². The predicted octanol–water partition coefficient (Wildman–Crippen LogP) is 1.75. The third-order valence-corrected chi connectivity index (χ3v) is 3.57. The lowest BCUT2D eigenvalue weighted by atomic mass is 10.0. The molecule has 0 bridgehead atoms. The van der Waals surface area contributed by atoms with Crippen LogP contribution in [0.1, 0.15) is 25.1 Å². The van der Waals surface area contributed by atoms with Gasteiger partial charge in [-0.05, 0) is 25.5 Å². The third kappa shape index (κ3) is 4.53. The molecule has 0 aromatic carbocycles. The average molecular weight is 304 g/mol. The van der Waals surface area contributed by atoms with Gasteiger partial charge >= 0.3 is 6.18 Å². The van der Waals surface area contributed by atoms with Gasteiger partial charge < -0.3 is 10.4 Å².